The normalized spacial score (nSPS) is 20.0. The van der Waals surface area contributed by atoms with E-state index in [1.807, 2.05) is 0 Å². The predicted molar refractivity (Wildman–Crippen MR) is 50.7 cm³/mol. The third-order valence-corrected chi connectivity index (χ3v) is 2.17. The second-order valence-corrected chi connectivity index (χ2v) is 4.52. The number of ether oxygens (including phenoxy) is 1. The number of thiol groups is 1. The molecule has 11 heavy (non-hydrogen) atoms. The van der Waals surface area contributed by atoms with E-state index in [2.05, 4.69) is 33.4 Å². The third kappa shape index (κ3) is 2.16. The van der Waals surface area contributed by atoms with Crippen LogP contribution in [0.2, 0.25) is 0 Å². The lowest BCUT2D eigenvalue weighted by atomic mass is 9.92. The van der Waals surface area contributed by atoms with Gasteiger partial charge in [-0.05, 0) is 12.8 Å². The summed E-state index contributed by atoms with van der Waals surface area (Å²) in [6.07, 6.45) is 2.19. The molecule has 0 aromatic rings. The quantitative estimate of drug-likeness (QED) is 0.553. The van der Waals surface area contributed by atoms with Gasteiger partial charge in [0.1, 0.15) is 5.76 Å². The topological polar surface area (TPSA) is 9.23 Å². The zero-order valence-corrected chi connectivity index (χ0v) is 8.37. The average Bonchev–Trinajstić information content (AvgIpc) is 1.86. The van der Waals surface area contributed by atoms with Crippen molar-refractivity contribution in [1.82, 2.24) is 0 Å². The first-order valence-electron chi connectivity index (χ1n) is 4.07. The molecule has 0 aromatic heterocycles. The van der Waals surface area contributed by atoms with Gasteiger partial charge in [-0.15, -0.1) is 12.6 Å². The smallest absolute Gasteiger partial charge is 0.110 e. The maximum atomic E-state index is 5.56. The summed E-state index contributed by atoms with van der Waals surface area (Å²) >= 11 is 4.40. The average molecular weight is 172 g/mol. The molecule has 0 spiro atoms. The van der Waals surface area contributed by atoms with Gasteiger partial charge >= 0.3 is 0 Å². The molecule has 0 amide bonds. The van der Waals surface area contributed by atoms with Crippen LogP contribution in [-0.4, -0.2) is 6.61 Å². The Bertz CT molecular complexity index is 176. The van der Waals surface area contributed by atoms with Crippen LogP contribution < -0.4 is 0 Å². The molecule has 1 rings (SSSR count). The molecule has 1 aliphatic rings. The maximum Gasteiger partial charge on any atom is 0.110 e. The van der Waals surface area contributed by atoms with Crippen LogP contribution in [0, 0.1) is 5.41 Å². The Kier molecular flexibility index (Phi) is 2.53. The van der Waals surface area contributed by atoms with E-state index in [4.69, 9.17) is 4.74 Å². The molecule has 1 aliphatic heterocycles. The van der Waals surface area contributed by atoms with Gasteiger partial charge in [-0.2, -0.15) is 0 Å². The van der Waals surface area contributed by atoms with Crippen molar-refractivity contribution < 1.29 is 4.74 Å². The van der Waals surface area contributed by atoms with Crippen molar-refractivity contribution in [3.8, 4) is 0 Å². The summed E-state index contributed by atoms with van der Waals surface area (Å²) in [6.45, 7) is 7.33. The van der Waals surface area contributed by atoms with Gasteiger partial charge in [0, 0.05) is 10.3 Å². The molecule has 1 nitrogen and oxygen atoms in total. The van der Waals surface area contributed by atoms with E-state index in [1.165, 1.54) is 0 Å². The minimum absolute atomic E-state index is 0.123. The minimum Gasteiger partial charge on any atom is -0.497 e. The molecule has 0 atom stereocenters. The number of hydrogen-bond donors (Lipinski definition) is 1. The number of hydrogen-bond acceptors (Lipinski definition) is 2. The summed E-state index contributed by atoms with van der Waals surface area (Å²) in [5.74, 6) is 1.08. The van der Waals surface area contributed by atoms with Crippen molar-refractivity contribution in [3.63, 3.8) is 0 Å². The van der Waals surface area contributed by atoms with Crippen LogP contribution in [0.3, 0.4) is 0 Å². The highest BCUT2D eigenvalue weighted by molar-refractivity contribution is 7.84. The second-order valence-electron chi connectivity index (χ2n) is 3.98. The van der Waals surface area contributed by atoms with Crippen molar-refractivity contribution in [2.45, 2.75) is 33.6 Å². The van der Waals surface area contributed by atoms with Gasteiger partial charge in [-0.25, -0.2) is 0 Å². The molecule has 0 aromatic carbocycles. The van der Waals surface area contributed by atoms with Crippen LogP contribution in [0.4, 0.5) is 0 Å². The molecule has 64 valence electrons. The van der Waals surface area contributed by atoms with Crippen LogP contribution in [0.5, 0.6) is 0 Å². The van der Waals surface area contributed by atoms with Crippen LogP contribution >= 0.6 is 12.6 Å². The van der Waals surface area contributed by atoms with Crippen molar-refractivity contribution in [3.05, 3.63) is 10.7 Å². The van der Waals surface area contributed by atoms with E-state index in [0.717, 1.165) is 30.1 Å². The van der Waals surface area contributed by atoms with Crippen molar-refractivity contribution in [2.24, 2.45) is 5.41 Å². The van der Waals surface area contributed by atoms with Gasteiger partial charge in [-0.3, -0.25) is 0 Å². The Balaban J connectivity index is 2.83. The first-order chi connectivity index (χ1) is 5.02. The minimum atomic E-state index is 0.123. The Hall–Kier alpha value is -0.110. The highest BCUT2D eigenvalue weighted by atomic mass is 32.1. The summed E-state index contributed by atoms with van der Waals surface area (Å²) in [6, 6.07) is 0. The lowest BCUT2D eigenvalue weighted by Crippen LogP contribution is -2.17. The summed E-state index contributed by atoms with van der Waals surface area (Å²) < 4.78 is 5.56. The van der Waals surface area contributed by atoms with E-state index in [1.54, 1.807) is 0 Å². The van der Waals surface area contributed by atoms with Crippen LogP contribution in [0.25, 0.3) is 0 Å². The molecule has 1 heterocycles. The SMILES string of the molecule is CC(C)(C)C1=C(S)CCCO1. The largest absolute Gasteiger partial charge is 0.497 e. The Morgan fingerprint density at radius 3 is 2.36 bits per heavy atom. The van der Waals surface area contributed by atoms with Gasteiger partial charge < -0.3 is 4.74 Å². The fourth-order valence-electron chi connectivity index (χ4n) is 1.26. The highest BCUT2D eigenvalue weighted by Crippen LogP contribution is 2.34. The third-order valence-electron chi connectivity index (χ3n) is 1.75. The Morgan fingerprint density at radius 2 is 2.00 bits per heavy atom. The zero-order chi connectivity index (χ0) is 8.48. The van der Waals surface area contributed by atoms with Gasteiger partial charge in [0.2, 0.25) is 0 Å². The van der Waals surface area contributed by atoms with Gasteiger partial charge in [0.15, 0.2) is 0 Å². The summed E-state index contributed by atoms with van der Waals surface area (Å²) in [5.41, 5.74) is 0.123. The van der Waals surface area contributed by atoms with E-state index in [0.29, 0.717) is 0 Å². The molecule has 0 unspecified atom stereocenters. The van der Waals surface area contributed by atoms with Crippen molar-refractivity contribution >= 4 is 12.6 Å². The van der Waals surface area contributed by atoms with Crippen LogP contribution in [0.1, 0.15) is 33.6 Å². The van der Waals surface area contributed by atoms with Gasteiger partial charge in [-0.1, -0.05) is 20.8 Å². The Labute approximate surface area is 74.2 Å². The molecule has 0 radical (unpaired) electrons. The van der Waals surface area contributed by atoms with E-state index < -0.39 is 0 Å². The van der Waals surface area contributed by atoms with Crippen molar-refractivity contribution in [2.75, 3.05) is 6.61 Å². The fourth-order valence-corrected chi connectivity index (χ4v) is 1.82. The lowest BCUT2D eigenvalue weighted by molar-refractivity contribution is 0.134. The predicted octanol–water partition coefficient (Wildman–Crippen LogP) is 2.98. The van der Waals surface area contributed by atoms with Gasteiger partial charge in [0.25, 0.3) is 0 Å². The summed E-state index contributed by atoms with van der Waals surface area (Å²) in [5, 5.41) is 0. The van der Waals surface area contributed by atoms with Crippen LogP contribution in [-0.2, 0) is 4.74 Å². The van der Waals surface area contributed by atoms with Gasteiger partial charge in [0.05, 0.1) is 6.61 Å². The summed E-state index contributed by atoms with van der Waals surface area (Å²) in [4.78, 5) is 1.13. The first kappa shape index (κ1) is 8.98. The molecular weight excluding hydrogens is 156 g/mol. The standard InChI is InChI=1S/C9H16OS/c1-9(2,3)8-7(11)5-4-6-10-8/h11H,4-6H2,1-3H3. The molecule has 0 N–H and O–H groups in total. The molecule has 0 saturated carbocycles. The molecule has 0 saturated heterocycles. The number of rotatable bonds is 0. The van der Waals surface area contributed by atoms with E-state index >= 15 is 0 Å². The summed E-state index contributed by atoms with van der Waals surface area (Å²) in [7, 11) is 0. The maximum absolute atomic E-state index is 5.56. The van der Waals surface area contributed by atoms with Crippen molar-refractivity contribution in [1.29, 1.82) is 0 Å². The molecular formula is C9H16OS. The van der Waals surface area contributed by atoms with E-state index in [9.17, 15) is 0 Å². The Morgan fingerprint density at radius 1 is 1.36 bits per heavy atom. The molecule has 0 aliphatic carbocycles. The lowest BCUT2D eigenvalue weighted by Gasteiger charge is -2.28. The molecule has 0 bridgehead atoms. The van der Waals surface area contributed by atoms with Crippen LogP contribution in [0.15, 0.2) is 10.7 Å². The number of allylic oxidation sites excluding steroid dienone is 2. The molecule has 0 fully saturated rings. The van der Waals surface area contributed by atoms with E-state index in [-0.39, 0.29) is 5.41 Å². The molecule has 2 heteroatoms. The first-order valence-corrected chi connectivity index (χ1v) is 4.52. The second kappa shape index (κ2) is 3.10. The fraction of sp³-hybridized carbons (Fsp3) is 0.778. The zero-order valence-electron chi connectivity index (χ0n) is 7.48. The highest BCUT2D eigenvalue weighted by Gasteiger charge is 2.23. The monoisotopic (exact) mass is 172 g/mol.